The molecular formula is C34H36N2O14. The first kappa shape index (κ1) is 33.8. The highest BCUT2D eigenvalue weighted by Crippen LogP contribution is 2.57. The average Bonchev–Trinajstić information content (AvgIpc) is 3.80. The van der Waals surface area contributed by atoms with Crippen LogP contribution in [0.1, 0.15) is 35.1 Å². The molecule has 16 heteroatoms. The second kappa shape index (κ2) is 13.9. The molecule has 8 unspecified atom stereocenters. The van der Waals surface area contributed by atoms with Crippen LogP contribution in [0.3, 0.4) is 0 Å². The van der Waals surface area contributed by atoms with E-state index in [1.807, 2.05) is 12.1 Å². The monoisotopic (exact) mass is 696 g/mol. The van der Waals surface area contributed by atoms with E-state index in [0.29, 0.717) is 36.1 Å². The maximum Gasteiger partial charge on any atom is 0.311 e. The highest BCUT2D eigenvalue weighted by Gasteiger charge is 2.47. The van der Waals surface area contributed by atoms with Crippen LogP contribution in [0, 0.1) is 0 Å². The Morgan fingerprint density at radius 3 is 2.74 bits per heavy atom. The van der Waals surface area contributed by atoms with Gasteiger partial charge in [0.2, 0.25) is 12.0 Å². The molecule has 2 aromatic carbocycles. The van der Waals surface area contributed by atoms with Crippen molar-refractivity contribution in [2.75, 3.05) is 40.1 Å². The molecule has 0 spiro atoms. The Labute approximate surface area is 285 Å². The summed E-state index contributed by atoms with van der Waals surface area (Å²) in [5.74, 6) is -0.963. The van der Waals surface area contributed by atoms with Gasteiger partial charge in [-0.25, -0.2) is 0 Å². The minimum absolute atomic E-state index is 0.0415. The van der Waals surface area contributed by atoms with Crippen LogP contribution >= 0.6 is 0 Å². The second-order valence-corrected chi connectivity index (χ2v) is 12.4. The van der Waals surface area contributed by atoms with E-state index in [9.17, 15) is 35.1 Å². The Morgan fingerprint density at radius 1 is 1.14 bits per heavy atom. The van der Waals surface area contributed by atoms with E-state index in [1.165, 1.54) is 7.11 Å². The summed E-state index contributed by atoms with van der Waals surface area (Å²) in [5, 5.41) is 52.0. The van der Waals surface area contributed by atoms with E-state index in [4.69, 9.17) is 33.2 Å². The van der Waals surface area contributed by atoms with Gasteiger partial charge in [-0.15, -0.1) is 0 Å². The lowest BCUT2D eigenvalue weighted by Gasteiger charge is -2.40. The molecule has 0 saturated carbocycles. The van der Waals surface area contributed by atoms with E-state index in [-0.39, 0.29) is 31.5 Å². The van der Waals surface area contributed by atoms with Crippen molar-refractivity contribution in [2.24, 2.45) is 4.99 Å². The van der Waals surface area contributed by atoms with E-state index in [0.717, 1.165) is 32.9 Å². The minimum Gasteiger partial charge on any atom is -0.550 e. The fraction of sp³-hybridized carbons (Fsp3) is 0.441. The molecule has 7 rings (SSSR count). The lowest BCUT2D eigenvalue weighted by Crippen LogP contribution is -3.05. The summed E-state index contributed by atoms with van der Waals surface area (Å²) in [4.78, 5) is 28.0. The number of carboxylic acids is 1. The number of quaternary nitrogens is 1. The summed E-state index contributed by atoms with van der Waals surface area (Å²) in [5.41, 5.74) is 4.43. The van der Waals surface area contributed by atoms with Gasteiger partial charge >= 0.3 is 5.97 Å². The SMILES string of the molecule is COc1ccc2c(c1OCCO)OC1c3c(C[NH+]4C=C5C=CN=C5C4)cc(OC4OC(COC(=O)CC(=O)[O-])C(O)C(O)C4O)cc3OCC21. The molecule has 0 amide bonds. The number of methoxy groups -OCH3 is 1. The van der Waals surface area contributed by atoms with Gasteiger partial charge in [0.25, 0.3) is 0 Å². The number of nitrogens with one attached hydrogen (secondary N) is 1. The van der Waals surface area contributed by atoms with Crippen LogP contribution in [-0.4, -0.2) is 109 Å². The summed E-state index contributed by atoms with van der Waals surface area (Å²) in [6.07, 6.45) is -3.70. The highest BCUT2D eigenvalue weighted by molar-refractivity contribution is 6.06. The van der Waals surface area contributed by atoms with Gasteiger partial charge in [-0.1, -0.05) is 6.07 Å². The molecule has 5 heterocycles. The standard InChI is InChI=1S/C34H36N2O14/c1-44-22-3-2-19-20-14-46-23-9-18(48-34-30(43)29(42)28(41)24(49-34)15-47-26(40)10-25(38)39)8-17(12-36-11-16-4-5-35-21(16)13-36)27(23)31(20)50-32(19)33(22)45-7-6-37/h2-5,8-9,11,20,24,28-31,34,37,41-43H,6-7,10,12-15H2,1H3,(H,38,39). The molecule has 5 aliphatic heterocycles. The van der Waals surface area contributed by atoms with Crippen molar-refractivity contribution >= 4 is 17.7 Å². The van der Waals surface area contributed by atoms with E-state index in [1.54, 1.807) is 24.4 Å². The molecule has 266 valence electrons. The fourth-order valence-corrected chi connectivity index (χ4v) is 6.85. The van der Waals surface area contributed by atoms with Gasteiger partial charge in [-0.05, 0) is 18.2 Å². The van der Waals surface area contributed by atoms with Gasteiger partial charge in [0, 0.05) is 29.0 Å². The van der Waals surface area contributed by atoms with Crippen LogP contribution in [0.2, 0.25) is 0 Å². The first-order valence-corrected chi connectivity index (χ1v) is 16.1. The Bertz CT molecular complexity index is 1760. The van der Waals surface area contributed by atoms with Crippen molar-refractivity contribution in [1.29, 1.82) is 0 Å². The maximum atomic E-state index is 11.8. The van der Waals surface area contributed by atoms with Crippen molar-refractivity contribution in [3.05, 3.63) is 65.0 Å². The van der Waals surface area contributed by atoms with E-state index >= 15 is 0 Å². The zero-order valence-corrected chi connectivity index (χ0v) is 26.9. The average molecular weight is 697 g/mol. The summed E-state index contributed by atoms with van der Waals surface area (Å²) < 4.78 is 41.0. The lowest BCUT2D eigenvalue weighted by molar-refractivity contribution is -0.848. The number of hydrogen-bond donors (Lipinski definition) is 5. The van der Waals surface area contributed by atoms with Gasteiger partial charge in [0.1, 0.15) is 80.2 Å². The molecule has 1 saturated heterocycles. The van der Waals surface area contributed by atoms with Crippen LogP contribution in [-0.2, 0) is 25.6 Å². The van der Waals surface area contributed by atoms with Gasteiger partial charge in [-0.2, -0.15) is 0 Å². The summed E-state index contributed by atoms with van der Waals surface area (Å²) in [7, 11) is 1.52. The normalized spacial score (nSPS) is 28.6. The number of aliphatic imine (C=N–C) groups is 1. The zero-order valence-electron chi connectivity index (χ0n) is 26.9. The number of esters is 1. The quantitative estimate of drug-likeness (QED) is 0.118. The smallest absolute Gasteiger partial charge is 0.311 e. The van der Waals surface area contributed by atoms with Crippen LogP contribution in [0.5, 0.6) is 28.7 Å². The number of aliphatic hydroxyl groups excluding tert-OH is 4. The Kier molecular flexibility index (Phi) is 9.38. The first-order valence-electron chi connectivity index (χ1n) is 16.1. The van der Waals surface area contributed by atoms with Crippen molar-refractivity contribution in [3.63, 3.8) is 0 Å². The second-order valence-electron chi connectivity index (χ2n) is 12.4. The Hall–Kier alpha value is -4.71. The van der Waals surface area contributed by atoms with Crippen LogP contribution in [0.25, 0.3) is 0 Å². The van der Waals surface area contributed by atoms with Crippen molar-refractivity contribution in [2.45, 2.75) is 55.7 Å². The number of rotatable bonds is 12. The number of carbonyl (C=O) groups is 2. The van der Waals surface area contributed by atoms with Crippen LogP contribution in [0.4, 0.5) is 0 Å². The predicted octanol–water partition coefficient (Wildman–Crippen LogP) is -2.20. The van der Waals surface area contributed by atoms with Crippen molar-refractivity contribution in [1.82, 2.24) is 0 Å². The van der Waals surface area contributed by atoms with Crippen LogP contribution < -0.4 is 33.7 Å². The largest absolute Gasteiger partial charge is 0.550 e. The van der Waals surface area contributed by atoms with Gasteiger partial charge in [0.15, 0.2) is 11.5 Å². The fourth-order valence-electron chi connectivity index (χ4n) is 6.85. The molecule has 0 aromatic heterocycles. The number of benzene rings is 2. The summed E-state index contributed by atoms with van der Waals surface area (Å²) in [6, 6.07) is 7.08. The third kappa shape index (κ3) is 6.36. The molecule has 16 nitrogen and oxygen atoms in total. The number of ether oxygens (including phenoxy) is 7. The van der Waals surface area contributed by atoms with Gasteiger partial charge < -0.3 is 63.5 Å². The maximum absolute atomic E-state index is 11.8. The van der Waals surface area contributed by atoms with Crippen molar-refractivity contribution < 1.29 is 73.2 Å². The summed E-state index contributed by atoms with van der Waals surface area (Å²) >= 11 is 0. The number of aliphatic carboxylic acids is 1. The topological polar surface area (TPSA) is 220 Å². The molecule has 50 heavy (non-hydrogen) atoms. The Morgan fingerprint density at radius 2 is 1.98 bits per heavy atom. The lowest BCUT2D eigenvalue weighted by atomic mass is 9.86. The number of nitrogens with zero attached hydrogens (tertiary/aromatic N) is 1. The van der Waals surface area contributed by atoms with Crippen molar-refractivity contribution in [3.8, 4) is 28.7 Å². The summed E-state index contributed by atoms with van der Waals surface area (Å²) in [6.45, 7) is 0.578. The molecule has 5 N–H and O–H groups in total. The van der Waals surface area contributed by atoms with E-state index in [2.05, 4.69) is 11.2 Å². The number of allylic oxidation sites excluding steroid dienone is 1. The molecule has 2 aromatic rings. The Balaban J connectivity index is 1.19. The number of carbonyl (C=O) groups excluding carboxylic acids is 2. The molecule has 5 aliphatic rings. The first-order chi connectivity index (χ1) is 24.1. The number of fused-ring (bicyclic) bond motifs is 6. The van der Waals surface area contributed by atoms with E-state index < -0.39 is 61.8 Å². The third-order valence-corrected chi connectivity index (χ3v) is 9.19. The molecule has 0 bridgehead atoms. The van der Waals surface area contributed by atoms with Gasteiger partial charge in [-0.3, -0.25) is 14.7 Å². The third-order valence-electron chi connectivity index (χ3n) is 9.19. The molecule has 0 aliphatic carbocycles. The van der Waals surface area contributed by atoms with Crippen LogP contribution in [0.15, 0.2) is 53.3 Å². The highest BCUT2D eigenvalue weighted by atomic mass is 16.7. The number of aliphatic hydroxyl groups is 4. The molecule has 0 radical (unpaired) electrons. The molecule has 8 atom stereocenters. The number of carboxylic acid groups (broad SMARTS) is 1. The predicted molar refractivity (Wildman–Crippen MR) is 166 cm³/mol. The van der Waals surface area contributed by atoms with Gasteiger partial charge in [0.05, 0.1) is 44.2 Å². The number of hydrogen-bond acceptors (Lipinski definition) is 15. The molecular weight excluding hydrogens is 660 g/mol. The molecule has 1 fully saturated rings. The zero-order chi connectivity index (χ0) is 35.1. The minimum atomic E-state index is -1.74.